The van der Waals surface area contributed by atoms with Crippen LogP contribution >= 0.6 is 11.6 Å². The Morgan fingerprint density at radius 1 is 1.30 bits per heavy atom. The zero-order chi connectivity index (χ0) is 19.4. The molecule has 1 aliphatic heterocycles. The predicted octanol–water partition coefficient (Wildman–Crippen LogP) is 5.05. The SMILES string of the molecule is CC(C)=CCN1Cc2cccc([N+](=O)[O-])c2NCC1Cc1ccc(Cl)cc1. The lowest BCUT2D eigenvalue weighted by molar-refractivity contribution is -0.384. The van der Waals surface area contributed by atoms with Gasteiger partial charge in [0.05, 0.1) is 4.92 Å². The number of hydrogen-bond acceptors (Lipinski definition) is 4. The Bertz CT molecular complexity index is 845. The first-order valence-corrected chi connectivity index (χ1v) is 9.44. The van der Waals surface area contributed by atoms with Crippen molar-refractivity contribution in [1.29, 1.82) is 0 Å². The minimum atomic E-state index is -0.314. The summed E-state index contributed by atoms with van der Waals surface area (Å²) in [6.45, 7) is 6.31. The minimum Gasteiger partial charge on any atom is -0.378 e. The van der Waals surface area contributed by atoms with E-state index in [1.807, 2.05) is 30.3 Å². The molecule has 1 unspecified atom stereocenters. The Morgan fingerprint density at radius 3 is 2.70 bits per heavy atom. The summed E-state index contributed by atoms with van der Waals surface area (Å²) in [5.41, 5.74) is 4.21. The number of halogens is 1. The fourth-order valence-electron chi connectivity index (χ4n) is 3.38. The Hall–Kier alpha value is -2.37. The second-order valence-electron chi connectivity index (χ2n) is 7.14. The number of rotatable bonds is 5. The summed E-state index contributed by atoms with van der Waals surface area (Å²) in [7, 11) is 0. The van der Waals surface area contributed by atoms with E-state index >= 15 is 0 Å². The van der Waals surface area contributed by atoms with Crippen molar-refractivity contribution < 1.29 is 4.92 Å². The van der Waals surface area contributed by atoms with Crippen LogP contribution in [0.4, 0.5) is 11.4 Å². The van der Waals surface area contributed by atoms with Gasteiger partial charge in [0, 0.05) is 36.8 Å². The van der Waals surface area contributed by atoms with Gasteiger partial charge < -0.3 is 5.32 Å². The van der Waals surface area contributed by atoms with Gasteiger partial charge in [-0.3, -0.25) is 15.0 Å². The van der Waals surface area contributed by atoms with E-state index in [2.05, 4.69) is 30.1 Å². The molecule has 0 fully saturated rings. The van der Waals surface area contributed by atoms with Gasteiger partial charge >= 0.3 is 0 Å². The van der Waals surface area contributed by atoms with Crippen LogP contribution in [0.5, 0.6) is 0 Å². The maximum absolute atomic E-state index is 11.4. The molecule has 1 atom stereocenters. The van der Waals surface area contributed by atoms with Crippen molar-refractivity contribution in [2.24, 2.45) is 0 Å². The number of nitro benzene ring substituents is 1. The molecule has 27 heavy (non-hydrogen) atoms. The highest BCUT2D eigenvalue weighted by Crippen LogP contribution is 2.32. The van der Waals surface area contributed by atoms with E-state index in [-0.39, 0.29) is 16.7 Å². The lowest BCUT2D eigenvalue weighted by Crippen LogP contribution is -2.39. The quantitative estimate of drug-likeness (QED) is 0.444. The minimum absolute atomic E-state index is 0.141. The molecule has 0 saturated heterocycles. The topological polar surface area (TPSA) is 58.4 Å². The zero-order valence-electron chi connectivity index (χ0n) is 15.6. The van der Waals surface area contributed by atoms with Gasteiger partial charge in [0.1, 0.15) is 5.69 Å². The Kier molecular flexibility index (Phi) is 6.14. The number of nitrogens with one attached hydrogen (secondary N) is 1. The molecule has 6 heteroatoms. The highest BCUT2D eigenvalue weighted by molar-refractivity contribution is 6.30. The standard InChI is InChI=1S/C21H24ClN3O2/c1-15(2)10-11-24-14-17-4-3-5-20(25(26)27)21(17)23-13-19(24)12-16-6-8-18(22)9-7-16/h3-10,19,23H,11-14H2,1-2H3. The summed E-state index contributed by atoms with van der Waals surface area (Å²) in [5, 5.41) is 15.5. The van der Waals surface area contributed by atoms with Crippen LogP contribution < -0.4 is 5.32 Å². The molecule has 1 heterocycles. The third-order valence-corrected chi connectivity index (χ3v) is 5.10. The van der Waals surface area contributed by atoms with Crippen LogP contribution in [0, 0.1) is 10.1 Å². The number of hydrogen-bond donors (Lipinski definition) is 1. The van der Waals surface area contributed by atoms with Crippen molar-refractivity contribution in [3.8, 4) is 0 Å². The van der Waals surface area contributed by atoms with Gasteiger partial charge in [0.15, 0.2) is 0 Å². The van der Waals surface area contributed by atoms with Gasteiger partial charge in [-0.15, -0.1) is 0 Å². The van der Waals surface area contributed by atoms with E-state index in [4.69, 9.17) is 11.6 Å². The lowest BCUT2D eigenvalue weighted by Gasteiger charge is -2.29. The van der Waals surface area contributed by atoms with Gasteiger partial charge in [0.25, 0.3) is 5.69 Å². The number of benzene rings is 2. The molecule has 5 nitrogen and oxygen atoms in total. The molecule has 1 aliphatic rings. The van der Waals surface area contributed by atoms with Crippen LogP contribution in [0.2, 0.25) is 5.02 Å². The molecule has 2 aromatic rings. The molecule has 0 aliphatic carbocycles. The Labute approximate surface area is 164 Å². The second kappa shape index (κ2) is 8.55. The molecule has 0 bridgehead atoms. The van der Waals surface area contributed by atoms with E-state index in [1.54, 1.807) is 12.1 Å². The number of nitro groups is 1. The van der Waals surface area contributed by atoms with Crippen molar-refractivity contribution in [3.63, 3.8) is 0 Å². The summed E-state index contributed by atoms with van der Waals surface area (Å²) in [4.78, 5) is 13.5. The fraction of sp³-hybridized carbons (Fsp3) is 0.333. The molecular formula is C21H24ClN3O2. The molecule has 142 valence electrons. The molecule has 1 N–H and O–H groups in total. The van der Waals surface area contributed by atoms with E-state index in [0.717, 1.165) is 23.6 Å². The van der Waals surface area contributed by atoms with Crippen LogP contribution in [0.15, 0.2) is 54.1 Å². The third-order valence-electron chi connectivity index (χ3n) is 4.85. The van der Waals surface area contributed by atoms with Gasteiger partial charge in [-0.1, -0.05) is 47.5 Å². The van der Waals surface area contributed by atoms with Crippen LogP contribution in [0.1, 0.15) is 25.0 Å². The van der Waals surface area contributed by atoms with E-state index < -0.39 is 0 Å². The Balaban J connectivity index is 1.90. The first kappa shape index (κ1) is 19.4. The molecule has 0 radical (unpaired) electrons. The van der Waals surface area contributed by atoms with Crippen LogP contribution in [-0.4, -0.2) is 29.0 Å². The highest BCUT2D eigenvalue weighted by atomic mass is 35.5. The van der Waals surface area contributed by atoms with Crippen molar-refractivity contribution in [3.05, 3.63) is 80.4 Å². The average Bonchev–Trinajstić information content (AvgIpc) is 2.81. The van der Waals surface area contributed by atoms with Crippen LogP contribution in [0.25, 0.3) is 0 Å². The average molecular weight is 386 g/mol. The number of anilines is 1. The number of nitrogens with zero attached hydrogens (tertiary/aromatic N) is 2. The molecule has 0 spiro atoms. The molecular weight excluding hydrogens is 362 g/mol. The maximum atomic E-state index is 11.4. The van der Waals surface area contributed by atoms with E-state index in [1.165, 1.54) is 11.1 Å². The van der Waals surface area contributed by atoms with Crippen molar-refractivity contribution in [2.45, 2.75) is 32.9 Å². The monoisotopic (exact) mass is 385 g/mol. The number of para-hydroxylation sites is 1. The normalized spacial score (nSPS) is 16.8. The first-order valence-electron chi connectivity index (χ1n) is 9.06. The molecule has 0 amide bonds. The third kappa shape index (κ3) is 4.87. The van der Waals surface area contributed by atoms with Crippen molar-refractivity contribution >= 4 is 23.0 Å². The fourth-order valence-corrected chi connectivity index (χ4v) is 3.50. The van der Waals surface area contributed by atoms with Gasteiger partial charge in [0.2, 0.25) is 0 Å². The predicted molar refractivity (Wildman–Crippen MR) is 110 cm³/mol. The zero-order valence-corrected chi connectivity index (χ0v) is 16.4. The van der Waals surface area contributed by atoms with Crippen molar-refractivity contribution in [2.75, 3.05) is 18.4 Å². The summed E-state index contributed by atoms with van der Waals surface area (Å²) in [6.07, 6.45) is 3.06. The number of allylic oxidation sites excluding steroid dienone is 1. The largest absolute Gasteiger partial charge is 0.378 e. The summed E-state index contributed by atoms with van der Waals surface area (Å²) in [5.74, 6) is 0. The van der Waals surface area contributed by atoms with E-state index in [0.29, 0.717) is 18.8 Å². The summed E-state index contributed by atoms with van der Waals surface area (Å²) < 4.78 is 0. The van der Waals surface area contributed by atoms with Crippen LogP contribution in [-0.2, 0) is 13.0 Å². The Morgan fingerprint density at radius 2 is 2.04 bits per heavy atom. The van der Waals surface area contributed by atoms with E-state index in [9.17, 15) is 10.1 Å². The van der Waals surface area contributed by atoms with Gasteiger partial charge in [-0.2, -0.15) is 0 Å². The van der Waals surface area contributed by atoms with Crippen LogP contribution in [0.3, 0.4) is 0 Å². The van der Waals surface area contributed by atoms with Crippen molar-refractivity contribution in [1.82, 2.24) is 4.90 Å². The maximum Gasteiger partial charge on any atom is 0.292 e. The second-order valence-corrected chi connectivity index (χ2v) is 7.58. The first-order chi connectivity index (χ1) is 12.9. The number of fused-ring (bicyclic) bond motifs is 1. The van der Waals surface area contributed by atoms with Gasteiger partial charge in [-0.05, 0) is 43.5 Å². The smallest absolute Gasteiger partial charge is 0.292 e. The molecule has 0 saturated carbocycles. The highest BCUT2D eigenvalue weighted by Gasteiger charge is 2.27. The molecule has 2 aromatic carbocycles. The van der Waals surface area contributed by atoms with Gasteiger partial charge in [-0.25, -0.2) is 0 Å². The summed E-state index contributed by atoms with van der Waals surface area (Å²) >= 11 is 6.01. The lowest BCUT2D eigenvalue weighted by atomic mass is 10.0. The summed E-state index contributed by atoms with van der Waals surface area (Å²) in [6, 6.07) is 13.4. The molecule has 0 aromatic heterocycles. The molecule has 3 rings (SSSR count).